The van der Waals surface area contributed by atoms with Crippen LogP contribution in [-0.2, 0) is 6.42 Å². The molecule has 1 unspecified atom stereocenters. The fourth-order valence-corrected chi connectivity index (χ4v) is 4.31. The molecule has 5 heterocycles. The van der Waals surface area contributed by atoms with E-state index in [0.717, 1.165) is 68.8 Å². The molecule has 0 radical (unpaired) electrons. The van der Waals surface area contributed by atoms with Crippen LogP contribution < -0.4 is 9.80 Å². The van der Waals surface area contributed by atoms with Crippen LogP contribution in [0.2, 0.25) is 0 Å². The van der Waals surface area contributed by atoms with Crippen molar-refractivity contribution in [1.82, 2.24) is 15.0 Å². The number of aliphatic imine (C=N–C) groups is 2. The predicted octanol–water partition coefficient (Wildman–Crippen LogP) is 2.96. The van der Waals surface area contributed by atoms with Gasteiger partial charge in [-0.15, -0.1) is 0 Å². The molecule has 1 fully saturated rings. The summed E-state index contributed by atoms with van der Waals surface area (Å²) in [6, 6.07) is 3.57. The SMILES string of the molecule is CC1c2cnc(C3=NCCC=N3)nc2CCN1c1cc(N2CCCC2)cc(F)n1. The van der Waals surface area contributed by atoms with E-state index in [9.17, 15) is 4.39 Å². The van der Waals surface area contributed by atoms with Gasteiger partial charge < -0.3 is 9.80 Å². The predicted molar refractivity (Wildman–Crippen MR) is 112 cm³/mol. The summed E-state index contributed by atoms with van der Waals surface area (Å²) in [6.07, 6.45) is 7.65. The maximum atomic E-state index is 14.3. The van der Waals surface area contributed by atoms with E-state index >= 15 is 0 Å². The number of amidine groups is 1. The first-order valence-corrected chi connectivity index (χ1v) is 10.3. The van der Waals surface area contributed by atoms with Crippen molar-refractivity contribution >= 4 is 23.6 Å². The Balaban J connectivity index is 1.43. The fourth-order valence-electron chi connectivity index (χ4n) is 4.31. The summed E-state index contributed by atoms with van der Waals surface area (Å²) in [7, 11) is 0. The van der Waals surface area contributed by atoms with Gasteiger partial charge in [-0.1, -0.05) is 0 Å². The molecule has 8 heteroatoms. The van der Waals surface area contributed by atoms with Gasteiger partial charge in [-0.3, -0.25) is 4.99 Å². The highest BCUT2D eigenvalue weighted by Gasteiger charge is 2.28. The molecule has 2 aromatic rings. The third-order valence-electron chi connectivity index (χ3n) is 5.87. The van der Waals surface area contributed by atoms with Crippen molar-refractivity contribution < 1.29 is 4.39 Å². The zero-order chi connectivity index (χ0) is 19.8. The van der Waals surface area contributed by atoms with Crippen LogP contribution in [0.15, 0.2) is 28.3 Å². The molecule has 0 saturated carbocycles. The number of hydrogen-bond donors (Lipinski definition) is 0. The van der Waals surface area contributed by atoms with Crippen LogP contribution in [0.25, 0.3) is 0 Å². The summed E-state index contributed by atoms with van der Waals surface area (Å²) >= 11 is 0. The smallest absolute Gasteiger partial charge is 0.216 e. The molecule has 5 rings (SSSR count). The van der Waals surface area contributed by atoms with Crippen LogP contribution in [-0.4, -0.2) is 53.2 Å². The van der Waals surface area contributed by atoms with Crippen molar-refractivity contribution in [3.63, 3.8) is 0 Å². The topological polar surface area (TPSA) is 69.9 Å². The van der Waals surface area contributed by atoms with E-state index in [1.54, 1.807) is 0 Å². The third kappa shape index (κ3) is 3.47. The van der Waals surface area contributed by atoms with Crippen LogP contribution in [0, 0.1) is 5.95 Å². The second-order valence-corrected chi connectivity index (χ2v) is 7.72. The van der Waals surface area contributed by atoms with Crippen LogP contribution in [0.5, 0.6) is 0 Å². The van der Waals surface area contributed by atoms with E-state index in [1.807, 2.05) is 18.5 Å². The number of pyridine rings is 1. The van der Waals surface area contributed by atoms with E-state index in [4.69, 9.17) is 4.98 Å². The standard InChI is InChI=1S/C21H24FN7/c1-14-16-13-25-21(20-23-6-4-7-24-20)26-17(16)5-10-29(14)19-12-15(11-18(22)27-19)28-8-2-3-9-28/h6,11-14H,2-5,7-10H2,1H3. The zero-order valence-electron chi connectivity index (χ0n) is 16.6. The number of hydrogen-bond acceptors (Lipinski definition) is 7. The number of nitrogens with zero attached hydrogens (tertiary/aromatic N) is 7. The van der Waals surface area contributed by atoms with Gasteiger partial charge in [0.2, 0.25) is 5.95 Å². The normalized spacial score (nSPS) is 21.3. The highest BCUT2D eigenvalue weighted by molar-refractivity contribution is 6.01. The van der Waals surface area contributed by atoms with E-state index in [-0.39, 0.29) is 6.04 Å². The van der Waals surface area contributed by atoms with Gasteiger partial charge in [0.1, 0.15) is 5.82 Å². The summed E-state index contributed by atoms with van der Waals surface area (Å²) in [5, 5.41) is 0. The summed E-state index contributed by atoms with van der Waals surface area (Å²) < 4.78 is 14.3. The van der Waals surface area contributed by atoms with Gasteiger partial charge in [-0.05, 0) is 19.8 Å². The molecule has 3 aliphatic heterocycles. The Morgan fingerprint density at radius 1 is 1.10 bits per heavy atom. The minimum atomic E-state index is -0.429. The molecule has 1 atom stereocenters. The molecule has 2 aromatic heterocycles. The Morgan fingerprint density at radius 2 is 1.97 bits per heavy atom. The maximum Gasteiger partial charge on any atom is 0.216 e. The van der Waals surface area contributed by atoms with E-state index in [2.05, 4.69) is 36.7 Å². The molecule has 0 N–H and O–H groups in total. The van der Waals surface area contributed by atoms with Crippen molar-refractivity contribution in [3.05, 3.63) is 41.4 Å². The molecule has 0 spiro atoms. The van der Waals surface area contributed by atoms with Crippen LogP contribution in [0.3, 0.4) is 0 Å². The first-order chi connectivity index (χ1) is 14.2. The molecule has 7 nitrogen and oxygen atoms in total. The molecular formula is C21H24FN7. The van der Waals surface area contributed by atoms with Gasteiger partial charge in [0.15, 0.2) is 11.7 Å². The lowest BCUT2D eigenvalue weighted by Gasteiger charge is -2.36. The highest BCUT2D eigenvalue weighted by atomic mass is 19.1. The van der Waals surface area contributed by atoms with Crippen molar-refractivity contribution in [1.29, 1.82) is 0 Å². The Hall–Kier alpha value is -2.90. The minimum absolute atomic E-state index is 0.0188. The molecule has 0 aliphatic carbocycles. The zero-order valence-corrected chi connectivity index (χ0v) is 16.6. The lowest BCUT2D eigenvalue weighted by molar-refractivity contribution is 0.562. The first-order valence-electron chi connectivity index (χ1n) is 10.3. The molecule has 3 aliphatic rings. The molecule has 0 amide bonds. The average Bonchev–Trinajstić information content (AvgIpc) is 3.29. The van der Waals surface area contributed by atoms with E-state index in [1.165, 1.54) is 6.07 Å². The third-order valence-corrected chi connectivity index (χ3v) is 5.87. The largest absolute Gasteiger partial charge is 0.371 e. The first kappa shape index (κ1) is 18.1. The highest BCUT2D eigenvalue weighted by Crippen LogP contribution is 2.34. The van der Waals surface area contributed by atoms with Crippen LogP contribution >= 0.6 is 0 Å². The average molecular weight is 393 g/mol. The van der Waals surface area contributed by atoms with Crippen LogP contribution in [0.4, 0.5) is 15.9 Å². The van der Waals surface area contributed by atoms with Crippen molar-refractivity contribution in [2.75, 3.05) is 36.0 Å². The van der Waals surface area contributed by atoms with Gasteiger partial charge in [-0.2, -0.15) is 4.39 Å². The number of rotatable bonds is 3. The second-order valence-electron chi connectivity index (χ2n) is 7.72. The molecule has 0 bridgehead atoms. The summed E-state index contributed by atoms with van der Waals surface area (Å²) in [6.45, 7) is 5.51. The summed E-state index contributed by atoms with van der Waals surface area (Å²) in [4.78, 5) is 26.5. The Bertz CT molecular complexity index is 981. The van der Waals surface area contributed by atoms with Crippen LogP contribution in [0.1, 0.15) is 49.3 Å². The number of aromatic nitrogens is 3. The van der Waals surface area contributed by atoms with Gasteiger partial charge in [0.25, 0.3) is 0 Å². The minimum Gasteiger partial charge on any atom is -0.371 e. The fraction of sp³-hybridized carbons (Fsp3) is 0.476. The number of fused-ring (bicyclic) bond motifs is 1. The Morgan fingerprint density at radius 3 is 2.76 bits per heavy atom. The monoisotopic (exact) mass is 393 g/mol. The van der Waals surface area contributed by atoms with Crippen molar-refractivity contribution in [3.8, 4) is 0 Å². The van der Waals surface area contributed by atoms with Crippen molar-refractivity contribution in [2.45, 2.75) is 38.6 Å². The van der Waals surface area contributed by atoms with Gasteiger partial charge in [0, 0.05) is 74.8 Å². The lowest BCUT2D eigenvalue weighted by Crippen LogP contribution is -2.36. The van der Waals surface area contributed by atoms with E-state index < -0.39 is 5.95 Å². The van der Waals surface area contributed by atoms with Gasteiger partial charge in [0.05, 0.1) is 11.7 Å². The molecule has 29 heavy (non-hydrogen) atoms. The van der Waals surface area contributed by atoms with Crippen molar-refractivity contribution in [2.24, 2.45) is 9.98 Å². The molecule has 150 valence electrons. The lowest BCUT2D eigenvalue weighted by atomic mass is 9.99. The Kier molecular flexibility index (Phi) is 4.69. The summed E-state index contributed by atoms with van der Waals surface area (Å²) in [5.41, 5.74) is 2.98. The number of halogens is 1. The second kappa shape index (κ2) is 7.50. The molecule has 1 saturated heterocycles. The number of anilines is 2. The van der Waals surface area contributed by atoms with Gasteiger partial charge in [-0.25, -0.2) is 19.9 Å². The maximum absolute atomic E-state index is 14.3. The summed E-state index contributed by atoms with van der Waals surface area (Å²) in [5.74, 6) is 1.44. The van der Waals surface area contributed by atoms with E-state index in [0.29, 0.717) is 17.5 Å². The van der Waals surface area contributed by atoms with Gasteiger partial charge >= 0.3 is 0 Å². The molecule has 0 aromatic carbocycles. The quantitative estimate of drug-likeness (QED) is 0.750. The molecular weight excluding hydrogens is 369 g/mol. The Labute approximate surface area is 169 Å².